The summed E-state index contributed by atoms with van der Waals surface area (Å²) in [5.74, 6) is -0.0214. The molecule has 0 radical (unpaired) electrons. The lowest BCUT2D eigenvalue weighted by atomic mass is 9.97. The lowest BCUT2D eigenvalue weighted by Crippen LogP contribution is -2.44. The van der Waals surface area contributed by atoms with Crippen molar-refractivity contribution in [1.29, 1.82) is 0 Å². The van der Waals surface area contributed by atoms with E-state index in [9.17, 15) is 13.2 Å². The van der Waals surface area contributed by atoms with Gasteiger partial charge < -0.3 is 10.2 Å². The maximum Gasteiger partial charge on any atom is 0.243 e. The van der Waals surface area contributed by atoms with E-state index < -0.39 is 10.0 Å². The van der Waals surface area contributed by atoms with Crippen molar-refractivity contribution in [2.24, 2.45) is 5.92 Å². The van der Waals surface area contributed by atoms with Gasteiger partial charge in [-0.2, -0.15) is 4.31 Å². The third-order valence-electron chi connectivity index (χ3n) is 5.70. The Morgan fingerprint density at radius 1 is 1.11 bits per heavy atom. The van der Waals surface area contributed by atoms with E-state index in [4.69, 9.17) is 0 Å². The van der Waals surface area contributed by atoms with Crippen LogP contribution in [0.3, 0.4) is 0 Å². The molecule has 2 aliphatic heterocycles. The number of sulfonamides is 1. The number of nitrogens with one attached hydrogen (secondary N) is 1. The third kappa shape index (κ3) is 4.89. The molecule has 2 saturated heterocycles. The molecule has 0 unspecified atom stereocenters. The maximum absolute atomic E-state index is 12.9. The van der Waals surface area contributed by atoms with Crippen molar-refractivity contribution in [3.63, 3.8) is 0 Å². The van der Waals surface area contributed by atoms with Gasteiger partial charge in [0.15, 0.2) is 0 Å². The number of carbonyl (C=O) groups is 1. The summed E-state index contributed by atoms with van der Waals surface area (Å²) in [6, 6.07) is 5.42. The number of aryl methyl sites for hydroxylation is 2. The molecular formula is C20H31N3O3S. The van der Waals surface area contributed by atoms with Crippen molar-refractivity contribution in [1.82, 2.24) is 14.5 Å². The Morgan fingerprint density at radius 2 is 1.78 bits per heavy atom. The fourth-order valence-corrected chi connectivity index (χ4v) is 5.75. The first-order valence-electron chi connectivity index (χ1n) is 9.95. The van der Waals surface area contributed by atoms with Crippen molar-refractivity contribution < 1.29 is 13.2 Å². The third-order valence-corrected chi connectivity index (χ3v) is 7.76. The molecule has 0 aliphatic carbocycles. The van der Waals surface area contributed by atoms with Crippen LogP contribution >= 0.6 is 0 Å². The summed E-state index contributed by atoms with van der Waals surface area (Å²) in [6.45, 7) is 8.44. The lowest BCUT2D eigenvalue weighted by Gasteiger charge is -2.31. The summed E-state index contributed by atoms with van der Waals surface area (Å²) < 4.78 is 27.4. The van der Waals surface area contributed by atoms with Crippen molar-refractivity contribution >= 4 is 15.9 Å². The summed E-state index contributed by atoms with van der Waals surface area (Å²) in [5.41, 5.74) is 1.83. The second-order valence-corrected chi connectivity index (χ2v) is 9.69. The van der Waals surface area contributed by atoms with Gasteiger partial charge in [-0.1, -0.05) is 17.7 Å². The van der Waals surface area contributed by atoms with E-state index in [-0.39, 0.29) is 11.8 Å². The molecule has 2 heterocycles. The van der Waals surface area contributed by atoms with Gasteiger partial charge in [-0.05, 0) is 64.3 Å². The molecule has 1 aromatic carbocycles. The van der Waals surface area contributed by atoms with E-state index in [0.717, 1.165) is 30.8 Å². The smallest absolute Gasteiger partial charge is 0.243 e. The van der Waals surface area contributed by atoms with Gasteiger partial charge in [0.05, 0.1) is 4.90 Å². The molecule has 27 heavy (non-hydrogen) atoms. The average molecular weight is 394 g/mol. The molecule has 6 nitrogen and oxygen atoms in total. The van der Waals surface area contributed by atoms with E-state index in [2.05, 4.69) is 10.2 Å². The minimum absolute atomic E-state index is 0.0674. The van der Waals surface area contributed by atoms with E-state index in [1.807, 2.05) is 26.0 Å². The van der Waals surface area contributed by atoms with Gasteiger partial charge >= 0.3 is 0 Å². The highest BCUT2D eigenvalue weighted by Crippen LogP contribution is 2.26. The Kier molecular flexibility index (Phi) is 6.55. The normalized spacial score (nSPS) is 20.1. The Balaban J connectivity index is 1.50. The van der Waals surface area contributed by atoms with Gasteiger partial charge in [0.1, 0.15) is 0 Å². The molecule has 1 amide bonds. The van der Waals surface area contributed by atoms with Gasteiger partial charge in [-0.3, -0.25) is 4.79 Å². The highest BCUT2D eigenvalue weighted by molar-refractivity contribution is 7.89. The molecule has 2 aliphatic rings. The summed E-state index contributed by atoms with van der Waals surface area (Å²) in [7, 11) is -3.49. The van der Waals surface area contributed by atoms with E-state index in [1.54, 1.807) is 6.07 Å². The van der Waals surface area contributed by atoms with Gasteiger partial charge in [0, 0.05) is 32.1 Å². The van der Waals surface area contributed by atoms with Crippen LogP contribution in [0.4, 0.5) is 0 Å². The van der Waals surface area contributed by atoms with E-state index in [1.165, 1.54) is 17.1 Å². The second-order valence-electron chi connectivity index (χ2n) is 7.79. The summed E-state index contributed by atoms with van der Waals surface area (Å²) >= 11 is 0. The number of benzene rings is 1. The van der Waals surface area contributed by atoms with Gasteiger partial charge in [0.2, 0.25) is 15.9 Å². The zero-order valence-electron chi connectivity index (χ0n) is 16.4. The van der Waals surface area contributed by atoms with Crippen LogP contribution in [-0.2, 0) is 14.8 Å². The number of amides is 1. The summed E-state index contributed by atoms with van der Waals surface area (Å²) in [6.07, 6.45) is 3.67. The van der Waals surface area contributed by atoms with Crippen LogP contribution in [-0.4, -0.2) is 62.8 Å². The zero-order valence-corrected chi connectivity index (χ0v) is 17.2. The first-order valence-corrected chi connectivity index (χ1v) is 11.4. The number of nitrogens with zero attached hydrogens (tertiary/aromatic N) is 2. The topological polar surface area (TPSA) is 69.7 Å². The van der Waals surface area contributed by atoms with Gasteiger partial charge in [-0.25, -0.2) is 8.42 Å². The number of rotatable bonds is 6. The standard InChI is InChI=1S/C20H31N3O3S/c1-16-5-6-19(17(2)15-16)27(25,26)23-12-7-18(8-13-23)20(24)21-9-14-22-10-3-4-11-22/h5-6,15,18H,3-4,7-14H2,1-2H3,(H,21,24). The van der Waals surface area contributed by atoms with Crippen LogP contribution in [0.2, 0.25) is 0 Å². The van der Waals surface area contributed by atoms with Crippen LogP contribution < -0.4 is 5.32 Å². The van der Waals surface area contributed by atoms with Crippen LogP contribution in [0, 0.1) is 19.8 Å². The maximum atomic E-state index is 12.9. The minimum atomic E-state index is -3.49. The molecule has 0 spiro atoms. The molecule has 7 heteroatoms. The van der Waals surface area contributed by atoms with Crippen molar-refractivity contribution in [2.45, 2.75) is 44.4 Å². The predicted molar refractivity (Wildman–Crippen MR) is 106 cm³/mol. The molecule has 150 valence electrons. The molecular weight excluding hydrogens is 362 g/mol. The number of piperidine rings is 1. The largest absolute Gasteiger partial charge is 0.355 e. The molecule has 0 saturated carbocycles. The van der Waals surface area contributed by atoms with Crippen molar-refractivity contribution in [3.8, 4) is 0 Å². The minimum Gasteiger partial charge on any atom is -0.355 e. The first kappa shape index (κ1) is 20.3. The SMILES string of the molecule is Cc1ccc(S(=O)(=O)N2CCC(C(=O)NCCN3CCCC3)CC2)c(C)c1. The van der Waals surface area contributed by atoms with Crippen LogP contribution in [0.15, 0.2) is 23.1 Å². The van der Waals surface area contributed by atoms with Gasteiger partial charge in [0.25, 0.3) is 0 Å². The summed E-state index contributed by atoms with van der Waals surface area (Å²) in [4.78, 5) is 15.1. The van der Waals surface area contributed by atoms with E-state index >= 15 is 0 Å². The average Bonchev–Trinajstić information content (AvgIpc) is 3.15. The molecule has 1 aromatic rings. The number of hydrogen-bond acceptors (Lipinski definition) is 4. The number of hydrogen-bond donors (Lipinski definition) is 1. The Morgan fingerprint density at radius 3 is 2.41 bits per heavy atom. The summed E-state index contributed by atoms with van der Waals surface area (Å²) in [5, 5.41) is 3.03. The molecule has 1 N–H and O–H groups in total. The Bertz CT molecular complexity index is 765. The monoisotopic (exact) mass is 393 g/mol. The molecule has 2 fully saturated rings. The predicted octanol–water partition coefficient (Wildman–Crippen LogP) is 1.92. The molecule has 0 aromatic heterocycles. The highest BCUT2D eigenvalue weighted by Gasteiger charge is 2.32. The van der Waals surface area contributed by atoms with E-state index in [0.29, 0.717) is 37.4 Å². The Hall–Kier alpha value is -1.44. The van der Waals surface area contributed by atoms with Crippen LogP contribution in [0.5, 0.6) is 0 Å². The number of likely N-dealkylation sites (tertiary alicyclic amines) is 1. The zero-order chi connectivity index (χ0) is 19.4. The molecule has 0 bridgehead atoms. The molecule has 0 atom stereocenters. The van der Waals surface area contributed by atoms with Gasteiger partial charge in [-0.15, -0.1) is 0 Å². The fourth-order valence-electron chi connectivity index (χ4n) is 4.07. The number of carbonyl (C=O) groups excluding carboxylic acids is 1. The highest BCUT2D eigenvalue weighted by atomic mass is 32.2. The first-order chi connectivity index (χ1) is 12.9. The molecule has 3 rings (SSSR count). The van der Waals surface area contributed by atoms with Crippen LogP contribution in [0.1, 0.15) is 36.8 Å². The second kappa shape index (κ2) is 8.71. The Labute approximate surface area is 163 Å². The van der Waals surface area contributed by atoms with Crippen molar-refractivity contribution in [3.05, 3.63) is 29.3 Å². The van der Waals surface area contributed by atoms with Crippen LogP contribution in [0.25, 0.3) is 0 Å². The van der Waals surface area contributed by atoms with Crippen molar-refractivity contribution in [2.75, 3.05) is 39.3 Å². The lowest BCUT2D eigenvalue weighted by molar-refractivity contribution is -0.126. The quantitative estimate of drug-likeness (QED) is 0.802. The fraction of sp³-hybridized carbons (Fsp3) is 0.650.